The van der Waals surface area contributed by atoms with E-state index < -0.39 is 18.8 Å². The highest BCUT2D eigenvalue weighted by molar-refractivity contribution is 5.73. The molecule has 0 saturated carbocycles. The number of nitrogens with one attached hydrogen (secondary N) is 2. The van der Waals surface area contributed by atoms with Gasteiger partial charge in [0, 0.05) is 17.8 Å². The van der Waals surface area contributed by atoms with E-state index >= 15 is 0 Å². The molecular formula is C16H19F3N4O. The van der Waals surface area contributed by atoms with Gasteiger partial charge in [-0.3, -0.25) is 4.68 Å². The van der Waals surface area contributed by atoms with E-state index in [1.165, 1.54) is 0 Å². The number of alkyl halides is 3. The van der Waals surface area contributed by atoms with Crippen LogP contribution >= 0.6 is 0 Å². The summed E-state index contributed by atoms with van der Waals surface area (Å²) >= 11 is 0. The van der Waals surface area contributed by atoms with Crippen LogP contribution in [0.25, 0.3) is 0 Å². The molecule has 1 aromatic carbocycles. The first-order valence-corrected chi connectivity index (χ1v) is 7.41. The van der Waals surface area contributed by atoms with Gasteiger partial charge in [0.25, 0.3) is 0 Å². The summed E-state index contributed by atoms with van der Waals surface area (Å²) in [5.41, 5.74) is 3.49. The Labute approximate surface area is 137 Å². The van der Waals surface area contributed by atoms with Crippen LogP contribution in [-0.4, -0.2) is 28.5 Å². The predicted molar refractivity (Wildman–Crippen MR) is 83.5 cm³/mol. The molecule has 2 aromatic rings. The lowest BCUT2D eigenvalue weighted by Gasteiger charge is -2.10. The van der Waals surface area contributed by atoms with Crippen molar-refractivity contribution < 1.29 is 18.0 Å². The largest absolute Gasteiger partial charge is 0.405 e. The van der Waals surface area contributed by atoms with Crippen molar-refractivity contribution in [2.45, 2.75) is 33.1 Å². The summed E-state index contributed by atoms with van der Waals surface area (Å²) in [6.45, 7) is 3.03. The fourth-order valence-electron chi connectivity index (χ4n) is 2.31. The summed E-state index contributed by atoms with van der Waals surface area (Å²) in [7, 11) is 0. The maximum Gasteiger partial charge on any atom is 0.405 e. The minimum absolute atomic E-state index is 0.121. The summed E-state index contributed by atoms with van der Waals surface area (Å²) in [4.78, 5) is 11.4. The molecule has 130 valence electrons. The Hall–Kier alpha value is -2.51. The fourth-order valence-corrected chi connectivity index (χ4v) is 2.31. The average molecular weight is 340 g/mol. The normalized spacial score (nSPS) is 11.4. The van der Waals surface area contributed by atoms with Gasteiger partial charge in [-0.15, -0.1) is 0 Å². The number of nitrogens with zero attached hydrogens (tertiary/aromatic N) is 2. The Balaban J connectivity index is 1.97. The van der Waals surface area contributed by atoms with E-state index in [1.54, 1.807) is 12.2 Å². The number of carbonyl (C=O) groups is 1. The van der Waals surface area contributed by atoms with Crippen molar-refractivity contribution in [1.29, 1.82) is 0 Å². The molecule has 0 aliphatic carbocycles. The second kappa shape index (κ2) is 7.37. The molecule has 2 N–H and O–H groups in total. The molecule has 0 aliphatic rings. The Morgan fingerprint density at radius 1 is 1.17 bits per heavy atom. The van der Waals surface area contributed by atoms with Crippen LogP contribution in [0.3, 0.4) is 0 Å². The summed E-state index contributed by atoms with van der Waals surface area (Å²) < 4.78 is 38.0. The zero-order valence-corrected chi connectivity index (χ0v) is 13.4. The zero-order valence-electron chi connectivity index (χ0n) is 13.4. The monoisotopic (exact) mass is 340 g/mol. The van der Waals surface area contributed by atoms with Crippen LogP contribution in [-0.2, 0) is 13.1 Å². The fraction of sp³-hybridized carbons (Fsp3) is 0.375. The van der Waals surface area contributed by atoms with Crippen molar-refractivity contribution in [1.82, 2.24) is 20.4 Å². The highest BCUT2D eigenvalue weighted by atomic mass is 19.4. The number of rotatable bonds is 5. The van der Waals surface area contributed by atoms with Crippen molar-refractivity contribution in [2.75, 3.05) is 6.54 Å². The molecule has 2 rings (SSSR count). The first-order chi connectivity index (χ1) is 11.3. The number of benzene rings is 1. The van der Waals surface area contributed by atoms with E-state index in [9.17, 15) is 18.0 Å². The third kappa shape index (κ3) is 5.00. The molecule has 1 heterocycles. The van der Waals surface area contributed by atoms with Crippen molar-refractivity contribution in [3.05, 3.63) is 52.8 Å². The van der Waals surface area contributed by atoms with Crippen molar-refractivity contribution in [3.8, 4) is 0 Å². The molecule has 2 amide bonds. The van der Waals surface area contributed by atoms with Crippen molar-refractivity contribution in [3.63, 3.8) is 0 Å². The van der Waals surface area contributed by atoms with Gasteiger partial charge in [-0.05, 0) is 19.4 Å². The van der Waals surface area contributed by atoms with E-state index in [0.717, 1.165) is 22.5 Å². The Morgan fingerprint density at radius 3 is 2.46 bits per heavy atom. The molecule has 1 aromatic heterocycles. The molecule has 8 heteroatoms. The molecular weight excluding hydrogens is 321 g/mol. The SMILES string of the molecule is Cc1nn(Cc2ccccc2)c(C)c1CNC(=O)NCC(F)(F)F. The Morgan fingerprint density at radius 2 is 1.83 bits per heavy atom. The maximum atomic E-state index is 12.1. The van der Waals surface area contributed by atoms with Gasteiger partial charge in [-0.2, -0.15) is 18.3 Å². The second-order valence-corrected chi connectivity index (χ2v) is 5.44. The number of hydrogen-bond donors (Lipinski definition) is 2. The van der Waals surface area contributed by atoms with E-state index in [4.69, 9.17) is 0 Å². The minimum atomic E-state index is -4.43. The van der Waals surface area contributed by atoms with Crippen molar-refractivity contribution >= 4 is 6.03 Å². The number of halogens is 3. The van der Waals surface area contributed by atoms with Crippen LogP contribution < -0.4 is 10.6 Å². The summed E-state index contributed by atoms with van der Waals surface area (Å²) in [5, 5.41) is 8.64. The van der Waals surface area contributed by atoms with Crippen LogP contribution in [0.4, 0.5) is 18.0 Å². The lowest BCUT2D eigenvalue weighted by Crippen LogP contribution is -2.40. The first-order valence-electron chi connectivity index (χ1n) is 7.41. The molecule has 0 radical (unpaired) electrons. The van der Waals surface area contributed by atoms with Gasteiger partial charge in [0.1, 0.15) is 6.54 Å². The highest BCUT2D eigenvalue weighted by Crippen LogP contribution is 2.15. The topological polar surface area (TPSA) is 59.0 Å². The summed E-state index contributed by atoms with van der Waals surface area (Å²) in [5.74, 6) is 0. The molecule has 5 nitrogen and oxygen atoms in total. The van der Waals surface area contributed by atoms with Gasteiger partial charge >= 0.3 is 12.2 Å². The van der Waals surface area contributed by atoms with Crippen molar-refractivity contribution in [2.24, 2.45) is 0 Å². The first kappa shape index (κ1) is 17.8. The van der Waals surface area contributed by atoms with Crippen LogP contribution in [0.1, 0.15) is 22.5 Å². The third-order valence-electron chi connectivity index (χ3n) is 3.58. The molecule has 0 spiro atoms. The molecule has 0 fully saturated rings. The summed E-state index contributed by atoms with van der Waals surface area (Å²) in [6, 6.07) is 8.92. The van der Waals surface area contributed by atoms with E-state index in [1.807, 2.05) is 41.9 Å². The maximum absolute atomic E-state index is 12.1. The van der Waals surface area contributed by atoms with E-state index in [2.05, 4.69) is 10.4 Å². The Kier molecular flexibility index (Phi) is 5.48. The van der Waals surface area contributed by atoms with Gasteiger partial charge in [0.05, 0.1) is 12.2 Å². The zero-order chi connectivity index (χ0) is 17.7. The number of hydrogen-bond acceptors (Lipinski definition) is 2. The van der Waals surface area contributed by atoms with E-state index in [0.29, 0.717) is 6.54 Å². The lowest BCUT2D eigenvalue weighted by molar-refractivity contribution is -0.122. The third-order valence-corrected chi connectivity index (χ3v) is 3.58. The minimum Gasteiger partial charge on any atom is -0.334 e. The number of carbonyl (C=O) groups excluding carboxylic acids is 1. The molecule has 0 aliphatic heterocycles. The molecule has 0 unspecified atom stereocenters. The lowest BCUT2D eigenvalue weighted by atomic mass is 10.2. The standard InChI is InChI=1S/C16H19F3N4O/c1-11-14(8-20-15(24)21-10-16(17,18)19)12(2)23(22-11)9-13-6-4-3-5-7-13/h3-7H,8-10H2,1-2H3,(H2,20,21,24). The van der Waals surface area contributed by atoms with Crippen LogP contribution in [0.15, 0.2) is 30.3 Å². The highest BCUT2D eigenvalue weighted by Gasteiger charge is 2.27. The number of amides is 2. The number of urea groups is 1. The summed E-state index contributed by atoms with van der Waals surface area (Å²) in [6.07, 6.45) is -4.43. The van der Waals surface area contributed by atoms with Crippen LogP contribution in [0.2, 0.25) is 0 Å². The quantitative estimate of drug-likeness (QED) is 0.879. The van der Waals surface area contributed by atoms with Crippen LogP contribution in [0, 0.1) is 13.8 Å². The molecule has 0 atom stereocenters. The molecule has 0 bridgehead atoms. The Bertz CT molecular complexity index is 695. The molecule has 0 saturated heterocycles. The average Bonchev–Trinajstić information content (AvgIpc) is 2.78. The second-order valence-electron chi connectivity index (χ2n) is 5.44. The van der Waals surface area contributed by atoms with Crippen LogP contribution in [0.5, 0.6) is 0 Å². The van der Waals surface area contributed by atoms with Gasteiger partial charge in [0.2, 0.25) is 0 Å². The van der Waals surface area contributed by atoms with Gasteiger partial charge in [-0.25, -0.2) is 4.79 Å². The van der Waals surface area contributed by atoms with E-state index in [-0.39, 0.29) is 6.54 Å². The number of aromatic nitrogens is 2. The smallest absolute Gasteiger partial charge is 0.334 e. The predicted octanol–water partition coefficient (Wildman–Crippen LogP) is 2.91. The van der Waals surface area contributed by atoms with Gasteiger partial charge in [-0.1, -0.05) is 30.3 Å². The number of aryl methyl sites for hydroxylation is 1. The van der Waals surface area contributed by atoms with Gasteiger partial charge < -0.3 is 10.6 Å². The molecule has 24 heavy (non-hydrogen) atoms. The van der Waals surface area contributed by atoms with Gasteiger partial charge in [0.15, 0.2) is 0 Å².